The molecule has 5 aromatic carbocycles. The second-order valence-corrected chi connectivity index (χ2v) is 13.7. The van der Waals surface area contributed by atoms with E-state index in [9.17, 15) is 19.2 Å². The van der Waals surface area contributed by atoms with E-state index >= 15 is 0 Å². The van der Waals surface area contributed by atoms with Gasteiger partial charge >= 0.3 is 0 Å². The Labute approximate surface area is 283 Å². The lowest BCUT2D eigenvalue weighted by Gasteiger charge is -2.32. The van der Waals surface area contributed by atoms with Gasteiger partial charge in [0, 0.05) is 89.7 Å². The third-order valence-electron chi connectivity index (χ3n) is 9.98. The van der Waals surface area contributed by atoms with Crippen molar-refractivity contribution in [2.75, 3.05) is 52.4 Å². The van der Waals surface area contributed by atoms with Crippen molar-refractivity contribution in [2.24, 2.45) is 0 Å². The average Bonchev–Trinajstić information content (AvgIpc) is 3.06. The van der Waals surface area contributed by atoms with Gasteiger partial charge in [-0.25, -0.2) is 0 Å². The van der Waals surface area contributed by atoms with Gasteiger partial charge in [0.25, 0.3) is 23.6 Å². The number of likely N-dealkylation sites (N-methyl/N-ethyl adjacent to an activating group) is 2. The summed E-state index contributed by atoms with van der Waals surface area (Å²) < 4.78 is 1.44. The van der Waals surface area contributed by atoms with Gasteiger partial charge in [-0.3, -0.25) is 29.0 Å². The topological polar surface area (TPSA) is 81.2 Å². The molecule has 0 unspecified atom stereocenters. The monoisotopic (exact) mass is 744 g/mol. The number of carbonyl (C=O) groups is 4. The molecule has 2 aliphatic heterocycles. The van der Waals surface area contributed by atoms with Crippen LogP contribution in [0.4, 0.5) is 0 Å². The number of imide groups is 2. The van der Waals surface area contributed by atoms with Crippen LogP contribution in [-0.2, 0) is 0 Å². The number of fused-ring (bicyclic) bond motifs is 2. The van der Waals surface area contributed by atoms with Crippen molar-refractivity contribution in [3.63, 3.8) is 0 Å². The molecule has 7 rings (SSSR count). The largest absolute Gasteiger partial charge is 0.302 e. The fourth-order valence-electron chi connectivity index (χ4n) is 7.44. The maximum atomic E-state index is 13.9. The number of halogens is 2. The lowest BCUT2D eigenvalue weighted by Crippen LogP contribution is -2.44. The number of benzene rings is 5. The highest BCUT2D eigenvalue weighted by Crippen LogP contribution is 2.50. The second kappa shape index (κ2) is 11.7. The molecule has 2 heterocycles. The number of hydrogen-bond donors (Lipinski definition) is 0. The SMILES string of the molecule is CCN(CC)CCN1C(=O)c2ccc3c4c(Br)cc5c6c(ccc(c7c(Br)cc(c2c37)C1=O)c64)C(=O)N(CCN(CC)CC)C5=O. The Morgan fingerprint density at radius 1 is 0.500 bits per heavy atom. The quantitative estimate of drug-likeness (QED) is 0.0860. The highest BCUT2D eigenvalue weighted by Gasteiger charge is 2.38. The highest BCUT2D eigenvalue weighted by molar-refractivity contribution is 9.11. The summed E-state index contributed by atoms with van der Waals surface area (Å²) in [7, 11) is 0. The van der Waals surface area contributed by atoms with Crippen molar-refractivity contribution in [1.82, 2.24) is 19.6 Å². The van der Waals surface area contributed by atoms with Crippen LogP contribution >= 0.6 is 31.9 Å². The standard InChI is InChI=1S/C36H34Br2N4O4/c1-5-39(6-2)13-15-41-33(43)21-11-9-19-30-26(38)18-24-28-22(34(44)42(36(24)46)16-14-40(7-3)8-4)12-10-20(32(28)30)29-25(37)17-23(35(41)45)27(21)31(19)29/h9-12,17-18H,5-8,13-16H2,1-4H3. The third-order valence-corrected chi connectivity index (χ3v) is 11.2. The molecule has 5 aromatic rings. The summed E-state index contributed by atoms with van der Waals surface area (Å²) >= 11 is 7.59. The molecule has 0 atom stereocenters. The Morgan fingerprint density at radius 2 is 0.848 bits per heavy atom. The smallest absolute Gasteiger partial charge is 0.261 e. The summed E-state index contributed by atoms with van der Waals surface area (Å²) in [6, 6.07) is 11.2. The Bertz CT molecular complexity index is 1980. The molecular weight excluding hydrogens is 712 g/mol. The van der Waals surface area contributed by atoms with E-state index in [-0.39, 0.29) is 23.6 Å². The minimum atomic E-state index is -0.301. The van der Waals surface area contributed by atoms with Gasteiger partial charge in [-0.1, -0.05) is 71.7 Å². The minimum absolute atomic E-state index is 0.291. The molecule has 0 bridgehead atoms. The van der Waals surface area contributed by atoms with Gasteiger partial charge in [-0.2, -0.15) is 0 Å². The van der Waals surface area contributed by atoms with Crippen molar-refractivity contribution in [3.05, 3.63) is 67.6 Å². The molecule has 0 aromatic heterocycles. The zero-order chi connectivity index (χ0) is 32.6. The predicted molar refractivity (Wildman–Crippen MR) is 189 cm³/mol. The van der Waals surface area contributed by atoms with Crippen molar-refractivity contribution in [3.8, 4) is 0 Å². The van der Waals surface area contributed by atoms with Crippen molar-refractivity contribution >= 4 is 98.6 Å². The van der Waals surface area contributed by atoms with Gasteiger partial charge in [0.1, 0.15) is 0 Å². The van der Waals surface area contributed by atoms with Gasteiger partial charge in [0.05, 0.1) is 0 Å². The van der Waals surface area contributed by atoms with E-state index in [2.05, 4.69) is 69.4 Å². The first-order chi connectivity index (χ1) is 22.2. The molecule has 2 aliphatic rings. The van der Waals surface area contributed by atoms with E-state index in [0.717, 1.165) is 67.4 Å². The summed E-state index contributed by atoms with van der Waals surface area (Å²) in [6.45, 7) is 13.5. The second-order valence-electron chi connectivity index (χ2n) is 12.0. The number of hydrogen-bond acceptors (Lipinski definition) is 6. The van der Waals surface area contributed by atoms with Crippen LogP contribution in [0.2, 0.25) is 0 Å². The van der Waals surface area contributed by atoms with Crippen molar-refractivity contribution in [1.29, 1.82) is 0 Å². The average molecular weight is 746 g/mol. The van der Waals surface area contributed by atoms with Crippen LogP contribution in [0.25, 0.3) is 43.1 Å². The molecule has 4 amide bonds. The first-order valence-electron chi connectivity index (χ1n) is 15.9. The van der Waals surface area contributed by atoms with Crippen LogP contribution < -0.4 is 0 Å². The minimum Gasteiger partial charge on any atom is -0.302 e. The van der Waals surface area contributed by atoms with E-state index in [1.54, 1.807) is 0 Å². The lowest BCUT2D eigenvalue weighted by molar-refractivity contribution is 0.0579. The maximum Gasteiger partial charge on any atom is 0.261 e. The fraction of sp³-hybridized carbons (Fsp3) is 0.333. The van der Waals surface area contributed by atoms with E-state index in [0.29, 0.717) is 59.2 Å². The molecule has 0 radical (unpaired) electrons. The summed E-state index contributed by atoms with van der Waals surface area (Å²) in [5, 5.41) is 6.31. The lowest BCUT2D eigenvalue weighted by atomic mass is 9.82. The van der Waals surface area contributed by atoms with Crippen LogP contribution in [0.1, 0.15) is 69.1 Å². The van der Waals surface area contributed by atoms with Gasteiger partial charge in [0.2, 0.25) is 0 Å². The Hall–Kier alpha value is -3.44. The normalized spacial score (nSPS) is 15.0. The van der Waals surface area contributed by atoms with Crippen molar-refractivity contribution < 1.29 is 19.2 Å². The molecule has 0 saturated carbocycles. The zero-order valence-corrected chi connectivity index (χ0v) is 29.5. The van der Waals surface area contributed by atoms with Crippen LogP contribution in [-0.4, -0.2) is 95.6 Å². The number of nitrogens with zero attached hydrogens (tertiary/aromatic N) is 4. The van der Waals surface area contributed by atoms with Gasteiger partial charge in [-0.15, -0.1) is 0 Å². The molecule has 0 N–H and O–H groups in total. The molecule has 8 nitrogen and oxygen atoms in total. The Morgan fingerprint density at radius 3 is 1.20 bits per heavy atom. The number of rotatable bonds is 10. The first kappa shape index (κ1) is 31.2. The van der Waals surface area contributed by atoms with Gasteiger partial charge in [0.15, 0.2) is 0 Å². The van der Waals surface area contributed by atoms with Crippen molar-refractivity contribution in [2.45, 2.75) is 27.7 Å². The van der Waals surface area contributed by atoms with E-state index < -0.39 is 0 Å². The molecule has 0 fully saturated rings. The zero-order valence-electron chi connectivity index (χ0n) is 26.3. The number of carbonyl (C=O) groups excluding carboxylic acids is 4. The summed E-state index contributed by atoms with van der Waals surface area (Å²) in [5.41, 5.74) is 1.98. The summed E-state index contributed by atoms with van der Waals surface area (Å²) in [5.74, 6) is -1.18. The summed E-state index contributed by atoms with van der Waals surface area (Å²) in [6.07, 6.45) is 0. The fourth-order valence-corrected chi connectivity index (χ4v) is 8.72. The molecule has 10 heteroatoms. The molecule has 0 aliphatic carbocycles. The molecule has 236 valence electrons. The summed E-state index contributed by atoms with van der Waals surface area (Å²) in [4.78, 5) is 62.7. The van der Waals surface area contributed by atoms with E-state index in [1.807, 2.05) is 36.4 Å². The molecule has 46 heavy (non-hydrogen) atoms. The van der Waals surface area contributed by atoms with Crippen LogP contribution in [0.15, 0.2) is 45.3 Å². The van der Waals surface area contributed by atoms with Gasteiger partial charge < -0.3 is 9.80 Å². The van der Waals surface area contributed by atoms with E-state index in [1.165, 1.54) is 9.80 Å². The third kappa shape index (κ3) is 4.37. The highest BCUT2D eigenvalue weighted by atomic mass is 79.9. The number of amides is 4. The van der Waals surface area contributed by atoms with Crippen LogP contribution in [0, 0.1) is 0 Å². The van der Waals surface area contributed by atoms with E-state index in [4.69, 9.17) is 0 Å². The molecule has 0 saturated heterocycles. The van der Waals surface area contributed by atoms with Gasteiger partial charge in [-0.05, 0) is 61.2 Å². The molecule has 0 spiro atoms. The Kier molecular flexibility index (Phi) is 7.91. The van der Waals surface area contributed by atoms with Crippen LogP contribution in [0.5, 0.6) is 0 Å². The van der Waals surface area contributed by atoms with Crippen LogP contribution in [0.3, 0.4) is 0 Å². The molecular formula is C36H34Br2N4O4. The Balaban J connectivity index is 1.45. The predicted octanol–water partition coefficient (Wildman–Crippen LogP) is 7.14. The first-order valence-corrected chi connectivity index (χ1v) is 17.5. The maximum absolute atomic E-state index is 13.9.